The minimum atomic E-state index is -0.117. The first kappa shape index (κ1) is 17.7. The predicted octanol–water partition coefficient (Wildman–Crippen LogP) is 3.05. The first-order chi connectivity index (χ1) is 11.3. The van der Waals surface area contributed by atoms with E-state index in [-0.39, 0.29) is 17.8 Å². The molecule has 2 unspecified atom stereocenters. The second kappa shape index (κ2) is 9.50. The molecular weight excluding hydrogens is 293 g/mol. The Morgan fingerprint density at radius 2 is 2.09 bits per heavy atom. The van der Waals surface area contributed by atoms with Gasteiger partial charge in [-0.25, -0.2) is 4.39 Å². The van der Waals surface area contributed by atoms with Gasteiger partial charge in [0.15, 0.2) is 5.96 Å². The molecule has 2 atom stereocenters. The van der Waals surface area contributed by atoms with E-state index < -0.39 is 0 Å². The zero-order valence-corrected chi connectivity index (χ0v) is 14.1. The Hall–Kier alpha value is -1.62. The van der Waals surface area contributed by atoms with Gasteiger partial charge >= 0.3 is 0 Å². The largest absolute Gasteiger partial charge is 0.381 e. The Labute approximate surface area is 138 Å². The van der Waals surface area contributed by atoms with Crippen molar-refractivity contribution in [3.05, 3.63) is 35.6 Å². The van der Waals surface area contributed by atoms with E-state index in [1.807, 2.05) is 12.1 Å². The summed E-state index contributed by atoms with van der Waals surface area (Å²) in [6.45, 7) is 4.59. The lowest BCUT2D eigenvalue weighted by Crippen LogP contribution is -2.39. The van der Waals surface area contributed by atoms with Crippen LogP contribution in [0.2, 0.25) is 0 Å². The lowest BCUT2D eigenvalue weighted by Gasteiger charge is -2.12. The SMILES string of the molecule is CCCCOCCCNC(=NC)NC1CC1c1ccccc1F. The normalized spacial score (nSPS) is 20.4. The summed E-state index contributed by atoms with van der Waals surface area (Å²) >= 11 is 0. The summed E-state index contributed by atoms with van der Waals surface area (Å²) in [7, 11) is 1.76. The van der Waals surface area contributed by atoms with E-state index >= 15 is 0 Å². The van der Waals surface area contributed by atoms with Crippen LogP contribution in [0.4, 0.5) is 4.39 Å². The van der Waals surface area contributed by atoms with Crippen molar-refractivity contribution >= 4 is 5.96 Å². The van der Waals surface area contributed by atoms with Crippen LogP contribution < -0.4 is 10.6 Å². The highest BCUT2D eigenvalue weighted by atomic mass is 19.1. The standard InChI is InChI=1S/C18H28FN3O/c1-3-4-11-23-12-7-10-21-18(20-2)22-17-13-15(17)14-8-5-6-9-16(14)19/h5-6,8-9,15,17H,3-4,7,10-13H2,1-2H3,(H2,20,21,22). The molecule has 0 spiro atoms. The van der Waals surface area contributed by atoms with Crippen molar-refractivity contribution in [2.24, 2.45) is 4.99 Å². The fourth-order valence-electron chi connectivity index (χ4n) is 2.57. The molecule has 4 nitrogen and oxygen atoms in total. The minimum Gasteiger partial charge on any atom is -0.381 e. The highest BCUT2D eigenvalue weighted by Crippen LogP contribution is 2.41. The highest BCUT2D eigenvalue weighted by molar-refractivity contribution is 5.80. The third-order valence-electron chi connectivity index (χ3n) is 4.04. The molecule has 23 heavy (non-hydrogen) atoms. The summed E-state index contributed by atoms with van der Waals surface area (Å²) in [5.74, 6) is 0.906. The summed E-state index contributed by atoms with van der Waals surface area (Å²) in [5, 5.41) is 6.64. The molecule has 0 saturated heterocycles. The lowest BCUT2D eigenvalue weighted by atomic mass is 10.1. The van der Waals surface area contributed by atoms with Gasteiger partial charge in [-0.05, 0) is 30.9 Å². The molecule has 128 valence electrons. The van der Waals surface area contributed by atoms with Gasteiger partial charge in [0.2, 0.25) is 0 Å². The van der Waals surface area contributed by atoms with Crippen LogP contribution in [0.5, 0.6) is 0 Å². The molecule has 1 aliphatic carbocycles. The number of unbranched alkanes of at least 4 members (excludes halogenated alkanes) is 1. The molecule has 1 saturated carbocycles. The van der Waals surface area contributed by atoms with Gasteiger partial charge in [-0.3, -0.25) is 4.99 Å². The van der Waals surface area contributed by atoms with Crippen LogP contribution in [0.25, 0.3) is 0 Å². The molecule has 1 aromatic rings. The van der Waals surface area contributed by atoms with Crippen molar-refractivity contribution in [3.63, 3.8) is 0 Å². The number of aliphatic imine (C=N–C) groups is 1. The van der Waals surface area contributed by atoms with Crippen LogP contribution in [0.3, 0.4) is 0 Å². The summed E-state index contributed by atoms with van der Waals surface area (Å²) < 4.78 is 19.3. The van der Waals surface area contributed by atoms with Crippen molar-refractivity contribution < 1.29 is 9.13 Å². The van der Waals surface area contributed by atoms with Gasteiger partial charge < -0.3 is 15.4 Å². The van der Waals surface area contributed by atoms with Gasteiger partial charge in [-0.1, -0.05) is 31.5 Å². The molecule has 1 aromatic carbocycles. The minimum absolute atomic E-state index is 0.117. The molecule has 5 heteroatoms. The van der Waals surface area contributed by atoms with Gasteiger partial charge in [0.25, 0.3) is 0 Å². The third kappa shape index (κ3) is 5.82. The van der Waals surface area contributed by atoms with Crippen LogP contribution in [-0.4, -0.2) is 38.8 Å². The molecule has 0 aliphatic heterocycles. The molecule has 2 rings (SSSR count). The molecule has 1 aliphatic rings. The van der Waals surface area contributed by atoms with Gasteiger partial charge in [-0.2, -0.15) is 0 Å². The molecule has 0 heterocycles. The lowest BCUT2D eigenvalue weighted by molar-refractivity contribution is 0.129. The quantitative estimate of drug-likeness (QED) is 0.417. The molecule has 0 bridgehead atoms. The number of guanidine groups is 1. The Bertz CT molecular complexity index is 507. The first-order valence-corrected chi connectivity index (χ1v) is 8.55. The molecular formula is C18H28FN3O. The van der Waals surface area contributed by atoms with Crippen LogP contribution in [0.1, 0.15) is 44.1 Å². The monoisotopic (exact) mass is 321 g/mol. The molecule has 1 fully saturated rings. The van der Waals surface area contributed by atoms with Crippen molar-refractivity contribution in [2.45, 2.75) is 44.6 Å². The predicted molar refractivity (Wildman–Crippen MR) is 92.4 cm³/mol. The number of nitrogens with zero attached hydrogens (tertiary/aromatic N) is 1. The Kier molecular flexibility index (Phi) is 7.33. The van der Waals surface area contributed by atoms with Crippen molar-refractivity contribution in [1.29, 1.82) is 0 Å². The third-order valence-corrected chi connectivity index (χ3v) is 4.04. The number of benzene rings is 1. The topological polar surface area (TPSA) is 45.6 Å². The molecule has 0 radical (unpaired) electrons. The average Bonchev–Trinajstić information content (AvgIpc) is 3.32. The molecule has 0 aromatic heterocycles. The maximum atomic E-state index is 13.8. The van der Waals surface area contributed by atoms with E-state index in [1.54, 1.807) is 13.1 Å². The zero-order chi connectivity index (χ0) is 16.5. The van der Waals surface area contributed by atoms with Crippen molar-refractivity contribution in [2.75, 3.05) is 26.8 Å². The summed E-state index contributed by atoms with van der Waals surface area (Å²) in [5.41, 5.74) is 0.796. The Morgan fingerprint density at radius 1 is 1.30 bits per heavy atom. The summed E-state index contributed by atoms with van der Waals surface area (Å²) in [4.78, 5) is 4.23. The first-order valence-electron chi connectivity index (χ1n) is 8.55. The van der Waals surface area contributed by atoms with Crippen molar-refractivity contribution in [3.8, 4) is 0 Å². The fourth-order valence-corrected chi connectivity index (χ4v) is 2.57. The van der Waals surface area contributed by atoms with E-state index in [9.17, 15) is 4.39 Å². The smallest absolute Gasteiger partial charge is 0.191 e. The van der Waals surface area contributed by atoms with E-state index in [1.165, 1.54) is 12.5 Å². The summed E-state index contributed by atoms with van der Waals surface area (Å²) in [6.07, 6.45) is 4.18. The average molecular weight is 321 g/mol. The van der Waals surface area contributed by atoms with Gasteiger partial charge in [0.1, 0.15) is 5.82 Å². The second-order valence-corrected chi connectivity index (χ2v) is 5.93. The maximum absolute atomic E-state index is 13.8. The molecule has 2 N–H and O–H groups in total. The highest BCUT2D eigenvalue weighted by Gasteiger charge is 2.40. The molecule has 0 amide bonds. The number of rotatable bonds is 9. The Balaban J connectivity index is 1.64. The number of halogens is 1. The van der Waals surface area contributed by atoms with E-state index in [0.29, 0.717) is 0 Å². The van der Waals surface area contributed by atoms with E-state index in [2.05, 4.69) is 22.5 Å². The Morgan fingerprint density at radius 3 is 2.83 bits per heavy atom. The number of nitrogens with one attached hydrogen (secondary N) is 2. The van der Waals surface area contributed by atoms with Crippen LogP contribution in [0.15, 0.2) is 29.3 Å². The number of hydrogen-bond acceptors (Lipinski definition) is 2. The maximum Gasteiger partial charge on any atom is 0.191 e. The van der Waals surface area contributed by atoms with E-state index in [0.717, 1.165) is 50.5 Å². The van der Waals surface area contributed by atoms with Crippen LogP contribution in [-0.2, 0) is 4.74 Å². The van der Waals surface area contributed by atoms with Gasteiger partial charge in [0, 0.05) is 38.8 Å². The zero-order valence-electron chi connectivity index (χ0n) is 14.1. The van der Waals surface area contributed by atoms with Crippen molar-refractivity contribution in [1.82, 2.24) is 10.6 Å². The van der Waals surface area contributed by atoms with Gasteiger partial charge in [-0.15, -0.1) is 0 Å². The second-order valence-electron chi connectivity index (χ2n) is 5.93. The number of hydrogen-bond donors (Lipinski definition) is 2. The van der Waals surface area contributed by atoms with Crippen LogP contribution in [0, 0.1) is 5.82 Å². The fraction of sp³-hybridized carbons (Fsp3) is 0.611. The summed E-state index contributed by atoms with van der Waals surface area (Å²) in [6, 6.07) is 7.27. The van der Waals surface area contributed by atoms with Crippen LogP contribution >= 0.6 is 0 Å². The van der Waals surface area contributed by atoms with E-state index in [4.69, 9.17) is 4.74 Å². The van der Waals surface area contributed by atoms with Gasteiger partial charge in [0.05, 0.1) is 0 Å². The number of ether oxygens (including phenoxy) is 1.